The first-order valence-corrected chi connectivity index (χ1v) is 6.46. The summed E-state index contributed by atoms with van der Waals surface area (Å²) in [6, 6.07) is 0. The lowest BCUT2D eigenvalue weighted by Gasteiger charge is -2.24. The molecule has 2 unspecified atom stereocenters. The smallest absolute Gasteiger partial charge is 0.224 e. The van der Waals surface area contributed by atoms with Gasteiger partial charge in [0.15, 0.2) is 0 Å². The van der Waals surface area contributed by atoms with E-state index in [0.29, 0.717) is 19.5 Å². The Labute approximate surface area is 105 Å². The number of amides is 1. The third-order valence-corrected chi connectivity index (χ3v) is 2.76. The van der Waals surface area contributed by atoms with Crippen molar-refractivity contribution in [2.24, 2.45) is 17.1 Å². The zero-order valence-electron chi connectivity index (χ0n) is 11.6. The minimum absolute atomic E-state index is 0.00530. The summed E-state index contributed by atoms with van der Waals surface area (Å²) in [5, 5.41) is 12.2. The van der Waals surface area contributed by atoms with Crippen molar-refractivity contribution >= 4 is 5.91 Å². The molecule has 17 heavy (non-hydrogen) atoms. The van der Waals surface area contributed by atoms with Crippen LogP contribution in [0.2, 0.25) is 0 Å². The molecule has 4 heteroatoms. The molecule has 0 aromatic carbocycles. The van der Waals surface area contributed by atoms with Crippen molar-refractivity contribution in [3.05, 3.63) is 0 Å². The molecule has 0 bridgehead atoms. The Morgan fingerprint density at radius 1 is 1.41 bits per heavy atom. The summed E-state index contributed by atoms with van der Waals surface area (Å²) in [5.41, 5.74) is 5.73. The van der Waals surface area contributed by atoms with E-state index < -0.39 is 0 Å². The molecular weight excluding hydrogens is 216 g/mol. The van der Waals surface area contributed by atoms with E-state index in [1.807, 2.05) is 6.92 Å². The van der Waals surface area contributed by atoms with E-state index in [9.17, 15) is 9.90 Å². The second-order valence-electron chi connectivity index (χ2n) is 5.84. The fourth-order valence-corrected chi connectivity index (χ4v) is 1.73. The van der Waals surface area contributed by atoms with Gasteiger partial charge in [0.1, 0.15) is 0 Å². The number of hydrogen-bond donors (Lipinski definition) is 3. The molecular formula is C13H28N2O2. The lowest BCUT2D eigenvalue weighted by Crippen LogP contribution is -2.38. The van der Waals surface area contributed by atoms with Gasteiger partial charge in [-0.25, -0.2) is 0 Å². The Kier molecular flexibility index (Phi) is 7.39. The predicted molar refractivity (Wildman–Crippen MR) is 70.5 cm³/mol. The molecule has 0 spiro atoms. The van der Waals surface area contributed by atoms with Gasteiger partial charge in [-0.1, -0.05) is 27.7 Å². The van der Waals surface area contributed by atoms with Gasteiger partial charge in [-0.15, -0.1) is 0 Å². The third-order valence-electron chi connectivity index (χ3n) is 2.76. The number of rotatable bonds is 7. The standard InChI is InChI=1S/C13H28N2O2/c1-5-11(16)6-7-15-12(17)10(9-14)8-13(2,3)4/h10-11,16H,5-9,14H2,1-4H3,(H,15,17). The molecule has 0 radical (unpaired) electrons. The second-order valence-corrected chi connectivity index (χ2v) is 5.84. The number of carbonyl (C=O) groups is 1. The average molecular weight is 244 g/mol. The Hall–Kier alpha value is -0.610. The second kappa shape index (κ2) is 7.67. The summed E-state index contributed by atoms with van der Waals surface area (Å²) in [5.74, 6) is -0.125. The van der Waals surface area contributed by atoms with Gasteiger partial charge in [-0.3, -0.25) is 4.79 Å². The monoisotopic (exact) mass is 244 g/mol. The normalized spacial score (nSPS) is 15.4. The molecule has 0 aliphatic rings. The molecule has 4 N–H and O–H groups in total. The molecule has 1 amide bonds. The zero-order valence-corrected chi connectivity index (χ0v) is 11.6. The summed E-state index contributed by atoms with van der Waals surface area (Å²) < 4.78 is 0. The molecule has 0 saturated carbocycles. The highest BCUT2D eigenvalue weighted by atomic mass is 16.3. The van der Waals surface area contributed by atoms with Gasteiger partial charge in [0.25, 0.3) is 0 Å². The first kappa shape index (κ1) is 16.4. The number of carbonyl (C=O) groups excluding carboxylic acids is 1. The van der Waals surface area contributed by atoms with Crippen molar-refractivity contribution in [2.45, 2.75) is 53.1 Å². The van der Waals surface area contributed by atoms with Gasteiger partial charge in [-0.05, 0) is 24.7 Å². The Morgan fingerprint density at radius 3 is 2.41 bits per heavy atom. The molecule has 0 heterocycles. The van der Waals surface area contributed by atoms with E-state index in [-0.39, 0.29) is 23.3 Å². The lowest BCUT2D eigenvalue weighted by atomic mass is 9.84. The van der Waals surface area contributed by atoms with E-state index in [4.69, 9.17) is 5.73 Å². The van der Waals surface area contributed by atoms with Crippen LogP contribution in [-0.2, 0) is 4.79 Å². The number of hydrogen-bond acceptors (Lipinski definition) is 3. The van der Waals surface area contributed by atoms with Crippen LogP contribution in [0.3, 0.4) is 0 Å². The highest BCUT2D eigenvalue weighted by Gasteiger charge is 2.23. The van der Waals surface area contributed by atoms with Gasteiger partial charge < -0.3 is 16.2 Å². The summed E-state index contributed by atoms with van der Waals surface area (Å²) in [7, 11) is 0. The van der Waals surface area contributed by atoms with Crippen molar-refractivity contribution < 1.29 is 9.90 Å². The molecule has 2 atom stereocenters. The topological polar surface area (TPSA) is 75.3 Å². The predicted octanol–water partition coefficient (Wildman–Crippen LogP) is 1.27. The molecule has 0 fully saturated rings. The van der Waals surface area contributed by atoms with Crippen LogP contribution in [0.1, 0.15) is 47.0 Å². The summed E-state index contributed by atoms with van der Waals surface area (Å²) in [4.78, 5) is 11.8. The van der Waals surface area contributed by atoms with Crippen LogP contribution in [0.4, 0.5) is 0 Å². The molecule has 0 aliphatic heterocycles. The molecule has 0 aromatic heterocycles. The fraction of sp³-hybridized carbons (Fsp3) is 0.923. The van der Waals surface area contributed by atoms with Gasteiger partial charge in [-0.2, -0.15) is 0 Å². The van der Waals surface area contributed by atoms with Crippen molar-refractivity contribution in [1.82, 2.24) is 5.32 Å². The number of aliphatic hydroxyl groups is 1. The minimum atomic E-state index is -0.325. The third kappa shape index (κ3) is 8.16. The Morgan fingerprint density at radius 2 is 2.00 bits per heavy atom. The van der Waals surface area contributed by atoms with E-state index in [0.717, 1.165) is 12.8 Å². The minimum Gasteiger partial charge on any atom is -0.393 e. The van der Waals surface area contributed by atoms with Crippen LogP contribution in [0.15, 0.2) is 0 Å². The maximum absolute atomic E-state index is 11.8. The van der Waals surface area contributed by atoms with Crippen LogP contribution >= 0.6 is 0 Å². The first-order valence-electron chi connectivity index (χ1n) is 6.46. The maximum atomic E-state index is 11.8. The summed E-state index contributed by atoms with van der Waals surface area (Å²) >= 11 is 0. The first-order chi connectivity index (χ1) is 7.80. The average Bonchev–Trinajstić information content (AvgIpc) is 2.24. The van der Waals surface area contributed by atoms with Crippen LogP contribution in [0.5, 0.6) is 0 Å². The largest absolute Gasteiger partial charge is 0.393 e. The van der Waals surface area contributed by atoms with Gasteiger partial charge in [0.05, 0.1) is 12.0 Å². The number of nitrogens with one attached hydrogen (secondary N) is 1. The van der Waals surface area contributed by atoms with E-state index >= 15 is 0 Å². The maximum Gasteiger partial charge on any atom is 0.224 e. The molecule has 102 valence electrons. The molecule has 0 aromatic rings. The number of aliphatic hydroxyl groups excluding tert-OH is 1. The number of nitrogens with two attached hydrogens (primary N) is 1. The zero-order chi connectivity index (χ0) is 13.5. The molecule has 4 nitrogen and oxygen atoms in total. The van der Waals surface area contributed by atoms with Crippen LogP contribution in [-0.4, -0.2) is 30.2 Å². The van der Waals surface area contributed by atoms with Gasteiger partial charge >= 0.3 is 0 Å². The quantitative estimate of drug-likeness (QED) is 0.631. The molecule has 0 rings (SSSR count). The summed E-state index contributed by atoms with van der Waals surface area (Å²) in [6.45, 7) is 9.13. The van der Waals surface area contributed by atoms with Crippen molar-refractivity contribution in [1.29, 1.82) is 0 Å². The highest BCUT2D eigenvalue weighted by molar-refractivity contribution is 5.78. The van der Waals surface area contributed by atoms with Crippen LogP contribution < -0.4 is 11.1 Å². The van der Waals surface area contributed by atoms with Gasteiger partial charge in [0, 0.05) is 13.1 Å². The van der Waals surface area contributed by atoms with Crippen molar-refractivity contribution in [3.63, 3.8) is 0 Å². The SMILES string of the molecule is CCC(O)CCNC(=O)C(CN)CC(C)(C)C. The van der Waals surface area contributed by atoms with E-state index in [1.54, 1.807) is 0 Å². The van der Waals surface area contributed by atoms with Crippen molar-refractivity contribution in [2.75, 3.05) is 13.1 Å². The van der Waals surface area contributed by atoms with Crippen molar-refractivity contribution in [3.8, 4) is 0 Å². The molecule has 0 saturated heterocycles. The van der Waals surface area contributed by atoms with Crippen LogP contribution in [0.25, 0.3) is 0 Å². The lowest BCUT2D eigenvalue weighted by molar-refractivity contribution is -0.125. The Balaban J connectivity index is 4.01. The fourth-order valence-electron chi connectivity index (χ4n) is 1.73. The highest BCUT2D eigenvalue weighted by Crippen LogP contribution is 2.23. The Bertz CT molecular complexity index is 224. The van der Waals surface area contributed by atoms with E-state index in [1.165, 1.54) is 0 Å². The van der Waals surface area contributed by atoms with Crippen LogP contribution in [0, 0.1) is 11.3 Å². The summed E-state index contributed by atoms with van der Waals surface area (Å²) in [6.07, 6.45) is 1.79. The van der Waals surface area contributed by atoms with Gasteiger partial charge in [0.2, 0.25) is 5.91 Å². The van der Waals surface area contributed by atoms with E-state index in [2.05, 4.69) is 26.1 Å². The molecule has 0 aliphatic carbocycles.